The van der Waals surface area contributed by atoms with E-state index in [-0.39, 0.29) is 17.5 Å². The van der Waals surface area contributed by atoms with Crippen molar-refractivity contribution >= 4 is 16.7 Å². The highest BCUT2D eigenvalue weighted by atomic mass is 19.3. The quantitative estimate of drug-likeness (QED) is 0.660. The molecule has 1 saturated heterocycles. The molecule has 0 N–H and O–H groups in total. The summed E-state index contributed by atoms with van der Waals surface area (Å²) in [6, 6.07) is 7.50. The van der Waals surface area contributed by atoms with E-state index in [0.717, 1.165) is 46.8 Å². The van der Waals surface area contributed by atoms with Crippen molar-refractivity contribution in [2.75, 3.05) is 20.2 Å². The lowest BCUT2D eigenvalue weighted by Gasteiger charge is -2.31. The highest BCUT2D eigenvalue weighted by Crippen LogP contribution is 2.31. The Bertz CT molecular complexity index is 1040. The summed E-state index contributed by atoms with van der Waals surface area (Å²) in [5, 5.41) is 5.81. The standard InChI is InChI=1S/C21H22F2N4O2/c1-13-9-16-12-24-18(10-15(16)11-19(13)29-2)14-3-6-26(7-4-14)20(28)17-5-8-27(25-17)21(22)23/h5,8-12,14,21H,3-4,6-7H2,1-2H3. The molecule has 1 aliphatic heterocycles. The van der Waals surface area contributed by atoms with Crippen LogP contribution in [-0.2, 0) is 0 Å². The fourth-order valence-corrected chi connectivity index (χ4v) is 3.85. The Hall–Kier alpha value is -3.03. The second-order valence-corrected chi connectivity index (χ2v) is 7.30. The topological polar surface area (TPSA) is 60.2 Å². The van der Waals surface area contributed by atoms with Crippen LogP contribution in [0.4, 0.5) is 8.78 Å². The third kappa shape index (κ3) is 3.79. The van der Waals surface area contributed by atoms with Crippen LogP contribution in [0.3, 0.4) is 0 Å². The van der Waals surface area contributed by atoms with Gasteiger partial charge in [-0.3, -0.25) is 9.78 Å². The first-order chi connectivity index (χ1) is 14.0. The highest BCUT2D eigenvalue weighted by Gasteiger charge is 2.27. The Morgan fingerprint density at radius 2 is 1.97 bits per heavy atom. The molecule has 3 heterocycles. The zero-order chi connectivity index (χ0) is 20.5. The molecule has 1 fully saturated rings. The van der Waals surface area contributed by atoms with Gasteiger partial charge in [0.2, 0.25) is 0 Å². The Labute approximate surface area is 167 Å². The van der Waals surface area contributed by atoms with Crippen LogP contribution < -0.4 is 4.74 Å². The number of piperidine rings is 1. The lowest BCUT2D eigenvalue weighted by molar-refractivity contribution is 0.0547. The van der Waals surface area contributed by atoms with Crippen molar-refractivity contribution in [3.63, 3.8) is 0 Å². The number of fused-ring (bicyclic) bond motifs is 1. The summed E-state index contributed by atoms with van der Waals surface area (Å²) in [5.41, 5.74) is 2.11. The van der Waals surface area contributed by atoms with Crippen molar-refractivity contribution in [3.8, 4) is 5.75 Å². The lowest BCUT2D eigenvalue weighted by Crippen LogP contribution is -2.38. The molecular formula is C21H22F2N4O2. The SMILES string of the molecule is COc1cc2cc(C3CCN(C(=O)c4ccn(C(F)F)n4)CC3)ncc2cc1C. The average molecular weight is 400 g/mol. The van der Waals surface area contributed by atoms with E-state index in [4.69, 9.17) is 4.74 Å². The van der Waals surface area contributed by atoms with Crippen molar-refractivity contribution in [3.05, 3.63) is 53.6 Å². The van der Waals surface area contributed by atoms with Gasteiger partial charge in [0, 0.05) is 42.5 Å². The average Bonchev–Trinajstić information content (AvgIpc) is 3.23. The van der Waals surface area contributed by atoms with E-state index in [1.165, 1.54) is 6.07 Å². The number of amides is 1. The minimum atomic E-state index is -2.75. The van der Waals surface area contributed by atoms with E-state index in [1.807, 2.05) is 19.2 Å². The summed E-state index contributed by atoms with van der Waals surface area (Å²) in [6.07, 6.45) is 4.54. The maximum Gasteiger partial charge on any atom is 0.333 e. The Morgan fingerprint density at radius 3 is 2.62 bits per heavy atom. The number of likely N-dealkylation sites (tertiary alicyclic amines) is 1. The molecule has 0 radical (unpaired) electrons. The van der Waals surface area contributed by atoms with Gasteiger partial charge in [-0.05, 0) is 55.0 Å². The van der Waals surface area contributed by atoms with Crippen LogP contribution >= 0.6 is 0 Å². The normalized spacial score (nSPS) is 15.3. The van der Waals surface area contributed by atoms with Crippen molar-refractivity contribution in [2.24, 2.45) is 0 Å². The predicted octanol–water partition coefficient (Wildman–Crippen LogP) is 4.16. The van der Waals surface area contributed by atoms with Gasteiger partial charge in [-0.1, -0.05) is 0 Å². The molecule has 4 rings (SSSR count). The Balaban J connectivity index is 1.46. The van der Waals surface area contributed by atoms with Gasteiger partial charge in [0.1, 0.15) is 5.75 Å². The van der Waals surface area contributed by atoms with E-state index in [2.05, 4.69) is 22.2 Å². The number of alkyl halides is 2. The van der Waals surface area contributed by atoms with Gasteiger partial charge in [-0.25, -0.2) is 4.68 Å². The number of nitrogens with zero attached hydrogens (tertiary/aromatic N) is 4. The second kappa shape index (κ2) is 7.77. The molecule has 2 aromatic heterocycles. The first kappa shape index (κ1) is 19.3. The van der Waals surface area contributed by atoms with Crippen LogP contribution in [0.15, 0.2) is 36.7 Å². The summed E-state index contributed by atoms with van der Waals surface area (Å²) in [6.45, 7) is 0.344. The minimum Gasteiger partial charge on any atom is -0.496 e. The maximum atomic E-state index is 12.7. The molecule has 1 amide bonds. The number of carbonyl (C=O) groups excluding carboxylic acids is 1. The molecular weight excluding hydrogens is 378 g/mol. The first-order valence-corrected chi connectivity index (χ1v) is 9.53. The van der Waals surface area contributed by atoms with E-state index >= 15 is 0 Å². The smallest absolute Gasteiger partial charge is 0.333 e. The Kier molecular flexibility index (Phi) is 5.17. The van der Waals surface area contributed by atoms with Crippen LogP contribution in [0.5, 0.6) is 5.75 Å². The minimum absolute atomic E-state index is 0.0510. The molecule has 0 bridgehead atoms. The molecule has 1 aromatic carbocycles. The first-order valence-electron chi connectivity index (χ1n) is 9.53. The van der Waals surface area contributed by atoms with Crippen LogP contribution in [0.2, 0.25) is 0 Å². The lowest BCUT2D eigenvalue weighted by atomic mass is 9.92. The van der Waals surface area contributed by atoms with Gasteiger partial charge in [-0.2, -0.15) is 13.9 Å². The summed E-state index contributed by atoms with van der Waals surface area (Å²) >= 11 is 0. The number of rotatable bonds is 4. The molecule has 8 heteroatoms. The third-order valence-corrected chi connectivity index (χ3v) is 5.48. The second-order valence-electron chi connectivity index (χ2n) is 7.30. The number of methoxy groups -OCH3 is 1. The molecule has 0 aliphatic carbocycles. The maximum absolute atomic E-state index is 12.7. The van der Waals surface area contributed by atoms with E-state index in [1.54, 1.807) is 12.0 Å². The molecule has 29 heavy (non-hydrogen) atoms. The number of aromatic nitrogens is 3. The fourth-order valence-electron chi connectivity index (χ4n) is 3.85. The number of pyridine rings is 1. The molecule has 0 spiro atoms. The zero-order valence-electron chi connectivity index (χ0n) is 16.3. The number of ether oxygens (including phenoxy) is 1. The zero-order valence-corrected chi connectivity index (χ0v) is 16.3. The van der Waals surface area contributed by atoms with E-state index < -0.39 is 6.55 Å². The highest BCUT2D eigenvalue weighted by molar-refractivity contribution is 5.92. The molecule has 0 saturated carbocycles. The number of benzene rings is 1. The van der Waals surface area contributed by atoms with Gasteiger partial charge in [0.15, 0.2) is 5.69 Å². The van der Waals surface area contributed by atoms with Crippen molar-refractivity contribution < 1.29 is 18.3 Å². The van der Waals surface area contributed by atoms with Crippen molar-refractivity contribution in [1.29, 1.82) is 0 Å². The van der Waals surface area contributed by atoms with Gasteiger partial charge in [0.25, 0.3) is 5.91 Å². The number of hydrogen-bond donors (Lipinski definition) is 0. The van der Waals surface area contributed by atoms with Gasteiger partial charge in [0.05, 0.1) is 7.11 Å². The fraction of sp³-hybridized carbons (Fsp3) is 0.381. The summed E-state index contributed by atoms with van der Waals surface area (Å²) in [5.74, 6) is 0.780. The monoisotopic (exact) mass is 400 g/mol. The van der Waals surface area contributed by atoms with Gasteiger partial charge >= 0.3 is 6.55 Å². The predicted molar refractivity (Wildman–Crippen MR) is 104 cm³/mol. The van der Waals surface area contributed by atoms with E-state index in [0.29, 0.717) is 17.8 Å². The van der Waals surface area contributed by atoms with Crippen LogP contribution in [0, 0.1) is 6.92 Å². The summed E-state index contributed by atoms with van der Waals surface area (Å²) in [4.78, 5) is 18.8. The van der Waals surface area contributed by atoms with Crippen LogP contribution in [0.1, 0.15) is 47.1 Å². The number of hydrogen-bond acceptors (Lipinski definition) is 4. The van der Waals surface area contributed by atoms with Crippen LogP contribution in [0.25, 0.3) is 10.8 Å². The molecule has 152 valence electrons. The van der Waals surface area contributed by atoms with Crippen molar-refractivity contribution in [2.45, 2.75) is 32.2 Å². The summed E-state index contributed by atoms with van der Waals surface area (Å²) in [7, 11) is 1.66. The van der Waals surface area contributed by atoms with Crippen molar-refractivity contribution in [1.82, 2.24) is 19.7 Å². The number of aryl methyl sites for hydroxylation is 1. The van der Waals surface area contributed by atoms with Gasteiger partial charge in [-0.15, -0.1) is 0 Å². The largest absolute Gasteiger partial charge is 0.496 e. The molecule has 3 aromatic rings. The number of halogens is 2. The summed E-state index contributed by atoms with van der Waals surface area (Å²) < 4.78 is 31.2. The molecule has 0 unspecified atom stereocenters. The Morgan fingerprint density at radius 1 is 1.21 bits per heavy atom. The van der Waals surface area contributed by atoms with Crippen LogP contribution in [-0.4, -0.2) is 45.8 Å². The molecule has 0 atom stereocenters. The third-order valence-electron chi connectivity index (χ3n) is 5.48. The molecule has 6 nitrogen and oxygen atoms in total. The number of carbonyl (C=O) groups is 1. The van der Waals surface area contributed by atoms with E-state index in [9.17, 15) is 13.6 Å². The van der Waals surface area contributed by atoms with Gasteiger partial charge < -0.3 is 9.64 Å². The molecule has 1 aliphatic rings.